The molecule has 140 valence electrons. The van der Waals surface area contributed by atoms with Gasteiger partial charge in [0.2, 0.25) is 5.91 Å². The molecule has 0 saturated heterocycles. The lowest BCUT2D eigenvalue weighted by molar-refractivity contribution is -0.115. The summed E-state index contributed by atoms with van der Waals surface area (Å²) in [6.07, 6.45) is 0. The third-order valence-electron chi connectivity index (χ3n) is 4.06. The molecule has 0 N–H and O–H groups in total. The molecule has 1 heterocycles. The largest absolute Gasteiger partial charge is 0.486 e. The summed E-state index contributed by atoms with van der Waals surface area (Å²) < 4.78 is 5.72. The third kappa shape index (κ3) is 4.61. The van der Waals surface area contributed by atoms with Gasteiger partial charge in [0, 0.05) is 17.3 Å². The number of aryl methyl sites for hydroxylation is 2. The van der Waals surface area contributed by atoms with E-state index in [1.807, 2.05) is 37.4 Å². The first-order valence-corrected chi connectivity index (χ1v) is 9.89. The standard InChI is InChI=1S/C20H18Cl2N2O2S/c1-12-4-6-17(8-13(12)2)24(14(3)25)20-23-16(11-27-20)10-26-19-7-5-15(21)9-18(19)22/h4-9,11H,10H2,1-3H3. The molecule has 0 saturated carbocycles. The van der Waals surface area contributed by atoms with Gasteiger partial charge in [-0.3, -0.25) is 9.69 Å². The second-order valence-electron chi connectivity index (χ2n) is 6.11. The van der Waals surface area contributed by atoms with E-state index >= 15 is 0 Å². The van der Waals surface area contributed by atoms with Crippen LogP contribution in [0.25, 0.3) is 0 Å². The molecule has 1 amide bonds. The van der Waals surface area contributed by atoms with E-state index in [2.05, 4.69) is 4.98 Å². The number of benzene rings is 2. The zero-order valence-corrected chi connectivity index (χ0v) is 17.5. The van der Waals surface area contributed by atoms with Crippen molar-refractivity contribution in [1.82, 2.24) is 4.98 Å². The van der Waals surface area contributed by atoms with E-state index in [1.165, 1.54) is 23.8 Å². The number of hydrogen-bond donors (Lipinski definition) is 0. The van der Waals surface area contributed by atoms with Crippen LogP contribution in [0.4, 0.5) is 10.8 Å². The summed E-state index contributed by atoms with van der Waals surface area (Å²) in [7, 11) is 0. The molecular formula is C20H18Cl2N2O2S. The van der Waals surface area contributed by atoms with Gasteiger partial charge in [-0.2, -0.15) is 0 Å². The fourth-order valence-corrected chi connectivity index (χ4v) is 3.84. The van der Waals surface area contributed by atoms with Crippen molar-refractivity contribution >= 4 is 51.3 Å². The Labute approximate surface area is 172 Å². The smallest absolute Gasteiger partial charge is 0.230 e. The first-order chi connectivity index (χ1) is 12.8. The number of nitrogens with zero attached hydrogens (tertiary/aromatic N) is 2. The molecule has 4 nitrogen and oxygen atoms in total. The lowest BCUT2D eigenvalue weighted by atomic mass is 10.1. The lowest BCUT2D eigenvalue weighted by Gasteiger charge is -2.19. The number of amides is 1. The minimum absolute atomic E-state index is 0.0965. The van der Waals surface area contributed by atoms with E-state index in [-0.39, 0.29) is 12.5 Å². The Bertz CT molecular complexity index is 988. The SMILES string of the molecule is CC(=O)N(c1ccc(C)c(C)c1)c1nc(COc2ccc(Cl)cc2Cl)cs1. The van der Waals surface area contributed by atoms with Crippen molar-refractivity contribution in [3.63, 3.8) is 0 Å². The van der Waals surface area contributed by atoms with Crippen LogP contribution in [0.3, 0.4) is 0 Å². The zero-order chi connectivity index (χ0) is 19.6. The predicted octanol–water partition coefficient (Wildman–Crippen LogP) is 6.33. The number of carbonyl (C=O) groups excluding carboxylic acids is 1. The molecule has 0 radical (unpaired) electrons. The number of thiazole rings is 1. The highest BCUT2D eigenvalue weighted by atomic mass is 35.5. The molecule has 0 bridgehead atoms. The number of anilines is 2. The lowest BCUT2D eigenvalue weighted by Crippen LogP contribution is -2.22. The van der Waals surface area contributed by atoms with Crippen molar-refractivity contribution in [3.05, 3.63) is 68.6 Å². The molecule has 1 aromatic heterocycles. The summed E-state index contributed by atoms with van der Waals surface area (Å²) >= 11 is 13.4. The van der Waals surface area contributed by atoms with Gasteiger partial charge in [-0.1, -0.05) is 29.3 Å². The number of carbonyl (C=O) groups is 1. The van der Waals surface area contributed by atoms with Gasteiger partial charge >= 0.3 is 0 Å². The summed E-state index contributed by atoms with van der Waals surface area (Å²) in [4.78, 5) is 18.4. The van der Waals surface area contributed by atoms with Crippen LogP contribution < -0.4 is 9.64 Å². The molecule has 0 unspecified atom stereocenters. The van der Waals surface area contributed by atoms with Gasteiger partial charge in [-0.05, 0) is 55.3 Å². The average molecular weight is 421 g/mol. The quantitative estimate of drug-likeness (QED) is 0.484. The maximum atomic E-state index is 12.2. The Kier molecular flexibility index (Phi) is 6.05. The molecular weight excluding hydrogens is 403 g/mol. The van der Waals surface area contributed by atoms with Crippen molar-refractivity contribution in [2.45, 2.75) is 27.4 Å². The highest BCUT2D eigenvalue weighted by Crippen LogP contribution is 2.32. The van der Waals surface area contributed by atoms with E-state index in [4.69, 9.17) is 27.9 Å². The Hall–Kier alpha value is -2.08. The van der Waals surface area contributed by atoms with Crippen molar-refractivity contribution in [2.75, 3.05) is 4.90 Å². The zero-order valence-electron chi connectivity index (χ0n) is 15.1. The summed E-state index contributed by atoms with van der Waals surface area (Å²) in [5.41, 5.74) is 3.82. The van der Waals surface area contributed by atoms with Crippen LogP contribution in [-0.4, -0.2) is 10.9 Å². The van der Waals surface area contributed by atoms with E-state index in [9.17, 15) is 4.79 Å². The monoisotopic (exact) mass is 420 g/mol. The van der Waals surface area contributed by atoms with Gasteiger partial charge in [-0.25, -0.2) is 4.98 Å². The van der Waals surface area contributed by atoms with Crippen LogP contribution in [-0.2, 0) is 11.4 Å². The number of rotatable bonds is 5. The number of hydrogen-bond acceptors (Lipinski definition) is 4. The number of aromatic nitrogens is 1. The minimum atomic E-state index is -0.0965. The second-order valence-corrected chi connectivity index (χ2v) is 7.79. The van der Waals surface area contributed by atoms with Gasteiger partial charge in [0.25, 0.3) is 0 Å². The topological polar surface area (TPSA) is 42.4 Å². The van der Waals surface area contributed by atoms with Crippen molar-refractivity contribution in [1.29, 1.82) is 0 Å². The highest BCUT2D eigenvalue weighted by Gasteiger charge is 2.18. The molecule has 2 aromatic carbocycles. The van der Waals surface area contributed by atoms with Crippen LogP contribution in [0, 0.1) is 13.8 Å². The Morgan fingerprint density at radius 1 is 1.15 bits per heavy atom. The van der Waals surface area contributed by atoms with Crippen molar-refractivity contribution < 1.29 is 9.53 Å². The maximum absolute atomic E-state index is 12.2. The van der Waals surface area contributed by atoms with Crippen LogP contribution in [0.2, 0.25) is 10.0 Å². The molecule has 27 heavy (non-hydrogen) atoms. The number of halogens is 2. The molecule has 0 aliphatic carbocycles. The summed E-state index contributed by atoms with van der Waals surface area (Å²) in [6.45, 7) is 5.84. The van der Waals surface area contributed by atoms with Crippen LogP contribution in [0.1, 0.15) is 23.7 Å². The molecule has 0 aliphatic heterocycles. The Morgan fingerprint density at radius 2 is 1.93 bits per heavy atom. The van der Waals surface area contributed by atoms with Gasteiger partial charge in [-0.15, -0.1) is 11.3 Å². The summed E-state index contributed by atoms with van der Waals surface area (Å²) in [6, 6.07) is 11.0. The van der Waals surface area contributed by atoms with Crippen LogP contribution >= 0.6 is 34.5 Å². The normalized spacial score (nSPS) is 10.7. The average Bonchev–Trinajstić information content (AvgIpc) is 3.05. The van der Waals surface area contributed by atoms with Gasteiger partial charge < -0.3 is 4.74 Å². The van der Waals surface area contributed by atoms with E-state index in [0.717, 1.165) is 16.9 Å². The van der Waals surface area contributed by atoms with E-state index in [1.54, 1.807) is 23.1 Å². The molecule has 0 aliphatic rings. The molecule has 3 aromatic rings. The van der Waals surface area contributed by atoms with Crippen LogP contribution in [0.15, 0.2) is 41.8 Å². The molecule has 0 atom stereocenters. The Morgan fingerprint density at radius 3 is 2.59 bits per heavy atom. The first-order valence-electron chi connectivity index (χ1n) is 8.25. The molecule has 3 rings (SSSR count). The van der Waals surface area contributed by atoms with E-state index < -0.39 is 0 Å². The fraction of sp³-hybridized carbons (Fsp3) is 0.200. The first kappa shape index (κ1) is 19.7. The van der Waals surface area contributed by atoms with Gasteiger partial charge in [0.1, 0.15) is 12.4 Å². The van der Waals surface area contributed by atoms with Crippen LogP contribution in [0.5, 0.6) is 5.75 Å². The summed E-state index contributed by atoms with van der Waals surface area (Å²) in [5, 5.41) is 3.47. The molecule has 7 heteroatoms. The van der Waals surface area contributed by atoms with Gasteiger partial charge in [0.15, 0.2) is 5.13 Å². The van der Waals surface area contributed by atoms with Gasteiger partial charge in [0.05, 0.1) is 16.4 Å². The van der Waals surface area contributed by atoms with Crippen molar-refractivity contribution in [2.24, 2.45) is 0 Å². The number of ether oxygens (including phenoxy) is 1. The fourth-order valence-electron chi connectivity index (χ4n) is 2.50. The molecule has 0 fully saturated rings. The third-order valence-corrected chi connectivity index (χ3v) is 5.47. The summed E-state index contributed by atoms with van der Waals surface area (Å²) in [5.74, 6) is 0.439. The van der Waals surface area contributed by atoms with E-state index in [0.29, 0.717) is 20.9 Å². The second kappa shape index (κ2) is 8.30. The maximum Gasteiger partial charge on any atom is 0.230 e. The van der Waals surface area contributed by atoms with Crippen molar-refractivity contribution in [3.8, 4) is 5.75 Å². The predicted molar refractivity (Wildman–Crippen MR) is 112 cm³/mol. The minimum Gasteiger partial charge on any atom is -0.486 e. The Balaban J connectivity index is 1.79. The highest BCUT2D eigenvalue weighted by molar-refractivity contribution is 7.14. The molecule has 0 spiro atoms.